The maximum absolute atomic E-state index is 5.24. The molecule has 112 valence electrons. The highest BCUT2D eigenvalue weighted by molar-refractivity contribution is 5.85. The van der Waals surface area contributed by atoms with Crippen molar-refractivity contribution >= 4 is 12.4 Å². The van der Waals surface area contributed by atoms with E-state index in [0.29, 0.717) is 11.5 Å². The van der Waals surface area contributed by atoms with E-state index in [2.05, 4.69) is 0 Å². The van der Waals surface area contributed by atoms with Crippen molar-refractivity contribution in [3.8, 4) is 0 Å². The number of halogens is 1. The second kappa shape index (κ2) is 7.82. The minimum absolute atomic E-state index is 0. The van der Waals surface area contributed by atoms with Crippen molar-refractivity contribution in [1.29, 1.82) is 0 Å². The van der Waals surface area contributed by atoms with E-state index < -0.39 is 0 Å². The first kappa shape index (κ1) is 17.5. The second-order valence-electron chi connectivity index (χ2n) is 3.00. The van der Waals surface area contributed by atoms with Gasteiger partial charge in [-0.1, -0.05) is 10.3 Å². The lowest BCUT2D eigenvalue weighted by atomic mass is 10.3. The van der Waals surface area contributed by atoms with E-state index in [1.807, 2.05) is 0 Å². The molecular weight excluding hydrogens is 280 g/mol. The summed E-state index contributed by atoms with van der Waals surface area (Å²) in [5, 5.41) is 2.44. The van der Waals surface area contributed by atoms with E-state index in [9.17, 15) is 0 Å². The molecule has 1 rings (SSSR count). The highest BCUT2D eigenvalue weighted by atomic mass is 35.5. The van der Waals surface area contributed by atoms with Crippen LogP contribution in [-0.4, -0.2) is 53.0 Å². The lowest BCUT2D eigenvalue weighted by molar-refractivity contribution is -0.386. The molecule has 0 aromatic rings. The Morgan fingerprint density at radius 3 is 1.05 bits per heavy atom. The van der Waals surface area contributed by atoms with Gasteiger partial charge in [0.15, 0.2) is 0 Å². The highest BCUT2D eigenvalue weighted by Crippen LogP contribution is 2.32. The quantitative estimate of drug-likeness (QED) is 0.719. The molecule has 0 aromatic heterocycles. The van der Waals surface area contributed by atoms with Crippen LogP contribution in [0.4, 0.5) is 0 Å². The third kappa shape index (κ3) is 2.91. The van der Waals surface area contributed by atoms with Crippen molar-refractivity contribution in [2.75, 3.05) is 42.7 Å². The molecule has 8 nitrogen and oxygen atoms in total. The molecule has 0 aromatic carbocycles. The van der Waals surface area contributed by atoms with E-state index in [1.165, 1.54) is 53.0 Å². The zero-order valence-electron chi connectivity index (χ0n) is 11.8. The molecule has 1 aliphatic rings. The van der Waals surface area contributed by atoms with Gasteiger partial charge in [-0.2, -0.15) is 0 Å². The summed E-state index contributed by atoms with van der Waals surface area (Å²) in [5.41, 5.74) is 0. The molecule has 9 heteroatoms. The number of hydroxylamine groups is 2. The largest absolute Gasteiger partial charge is 0.488 e. The average Bonchev–Trinajstić information content (AvgIpc) is 2.43. The van der Waals surface area contributed by atoms with Crippen LogP contribution in [0.25, 0.3) is 0 Å². The maximum atomic E-state index is 5.24. The fraction of sp³-hybridized carbons (Fsp3) is 0.600. The average molecular weight is 299 g/mol. The Morgan fingerprint density at radius 2 is 0.895 bits per heavy atom. The van der Waals surface area contributed by atoms with Gasteiger partial charge in [-0.25, -0.2) is 0 Å². The molecular formula is C10H19ClN2O6. The van der Waals surface area contributed by atoms with Gasteiger partial charge in [0.2, 0.25) is 11.5 Å². The molecule has 0 bridgehead atoms. The summed E-state index contributed by atoms with van der Waals surface area (Å²) in [6, 6.07) is 0. The van der Waals surface area contributed by atoms with Gasteiger partial charge in [0.05, 0.1) is 42.7 Å². The zero-order valence-corrected chi connectivity index (χ0v) is 12.6. The van der Waals surface area contributed by atoms with Gasteiger partial charge in [-0.3, -0.25) is 9.68 Å². The van der Waals surface area contributed by atoms with Crippen LogP contribution in [0.5, 0.6) is 0 Å². The van der Waals surface area contributed by atoms with Crippen LogP contribution in [-0.2, 0) is 28.6 Å². The SMILES string of the molecule is COC1=C(OC)N(OC)N(OC)C(OC)=C1OC.Cl. The molecule has 0 saturated carbocycles. The van der Waals surface area contributed by atoms with Gasteiger partial charge >= 0.3 is 0 Å². The Labute approximate surface area is 118 Å². The maximum Gasteiger partial charge on any atom is 0.284 e. The molecule has 1 heterocycles. The van der Waals surface area contributed by atoms with Crippen molar-refractivity contribution in [1.82, 2.24) is 10.3 Å². The zero-order chi connectivity index (χ0) is 13.7. The van der Waals surface area contributed by atoms with Crippen molar-refractivity contribution in [2.45, 2.75) is 0 Å². The van der Waals surface area contributed by atoms with Crippen LogP contribution < -0.4 is 0 Å². The summed E-state index contributed by atoms with van der Waals surface area (Å²) in [6.07, 6.45) is 0. The smallest absolute Gasteiger partial charge is 0.284 e. The van der Waals surface area contributed by atoms with Gasteiger partial charge in [0, 0.05) is 0 Å². The number of hydrogen-bond donors (Lipinski definition) is 0. The lowest BCUT2D eigenvalue weighted by Crippen LogP contribution is -2.45. The number of hydrogen-bond acceptors (Lipinski definition) is 8. The van der Waals surface area contributed by atoms with Crippen LogP contribution in [0.1, 0.15) is 0 Å². The third-order valence-electron chi connectivity index (χ3n) is 2.25. The molecule has 0 aliphatic carbocycles. The molecule has 0 amide bonds. The number of rotatable bonds is 6. The molecule has 1 aliphatic heterocycles. The van der Waals surface area contributed by atoms with Gasteiger partial charge in [-0.05, 0) is 0 Å². The Kier molecular flexibility index (Phi) is 7.20. The Morgan fingerprint density at radius 1 is 0.579 bits per heavy atom. The van der Waals surface area contributed by atoms with Crippen molar-refractivity contribution in [3.63, 3.8) is 0 Å². The highest BCUT2D eigenvalue weighted by Gasteiger charge is 2.38. The Hall–Kier alpha value is -1.51. The predicted octanol–water partition coefficient (Wildman–Crippen LogP) is 0.987. The van der Waals surface area contributed by atoms with Crippen molar-refractivity contribution in [2.24, 2.45) is 0 Å². The number of ether oxygens (including phenoxy) is 4. The summed E-state index contributed by atoms with van der Waals surface area (Å²) >= 11 is 0. The fourth-order valence-electron chi connectivity index (χ4n) is 1.55. The molecule has 19 heavy (non-hydrogen) atoms. The van der Waals surface area contributed by atoms with E-state index in [-0.39, 0.29) is 24.2 Å². The number of hydrazine groups is 1. The van der Waals surface area contributed by atoms with Gasteiger partial charge < -0.3 is 18.9 Å². The minimum atomic E-state index is 0. The third-order valence-corrected chi connectivity index (χ3v) is 2.25. The molecule has 0 N–H and O–H groups in total. The predicted molar refractivity (Wildman–Crippen MR) is 67.0 cm³/mol. The summed E-state index contributed by atoms with van der Waals surface area (Å²) in [7, 11) is 8.80. The normalized spacial score (nSPS) is 15.3. The van der Waals surface area contributed by atoms with Crippen LogP contribution in [0.15, 0.2) is 23.3 Å². The molecule has 0 radical (unpaired) electrons. The standard InChI is InChI=1S/C10H18N2O6.ClH/c1-13-7-8(14-2)10(16-4)12(18-6)11(17-5)9(7)15-3;/h1-6H3;1H. The minimum Gasteiger partial charge on any atom is -0.488 e. The molecule has 0 unspecified atom stereocenters. The first-order valence-electron chi connectivity index (χ1n) is 5.03. The van der Waals surface area contributed by atoms with Crippen molar-refractivity contribution < 1.29 is 28.6 Å². The fourth-order valence-corrected chi connectivity index (χ4v) is 1.55. The molecule has 0 fully saturated rings. The van der Waals surface area contributed by atoms with Gasteiger partial charge in [-0.15, -0.1) is 12.4 Å². The topological polar surface area (TPSA) is 61.9 Å². The first-order chi connectivity index (χ1) is 8.69. The van der Waals surface area contributed by atoms with Gasteiger partial charge in [0.25, 0.3) is 11.8 Å². The van der Waals surface area contributed by atoms with E-state index in [0.717, 1.165) is 0 Å². The first-order valence-corrected chi connectivity index (χ1v) is 5.03. The Balaban J connectivity index is 0.00000324. The molecule has 0 saturated heterocycles. The van der Waals surface area contributed by atoms with E-state index >= 15 is 0 Å². The van der Waals surface area contributed by atoms with Crippen LogP contribution in [0, 0.1) is 0 Å². The van der Waals surface area contributed by atoms with Gasteiger partial charge in [0.1, 0.15) is 0 Å². The summed E-state index contributed by atoms with van der Waals surface area (Å²) in [6.45, 7) is 0. The van der Waals surface area contributed by atoms with Crippen molar-refractivity contribution in [3.05, 3.63) is 23.3 Å². The van der Waals surface area contributed by atoms with Crippen LogP contribution in [0.2, 0.25) is 0 Å². The van der Waals surface area contributed by atoms with Crippen LogP contribution in [0.3, 0.4) is 0 Å². The summed E-state index contributed by atoms with van der Waals surface area (Å²) in [5.74, 6) is 1.18. The molecule has 0 atom stereocenters. The summed E-state index contributed by atoms with van der Waals surface area (Å²) in [4.78, 5) is 10.3. The summed E-state index contributed by atoms with van der Waals surface area (Å²) < 4.78 is 20.9. The second-order valence-corrected chi connectivity index (χ2v) is 3.00. The molecule has 0 spiro atoms. The number of methoxy groups -OCH3 is 4. The lowest BCUT2D eigenvalue weighted by Gasteiger charge is -2.37. The number of nitrogens with zero attached hydrogens (tertiary/aromatic N) is 2. The Bertz CT molecular complexity index is 326. The monoisotopic (exact) mass is 298 g/mol. The van der Waals surface area contributed by atoms with Crippen LogP contribution >= 0.6 is 12.4 Å². The van der Waals surface area contributed by atoms with E-state index in [1.54, 1.807) is 0 Å². The van der Waals surface area contributed by atoms with E-state index in [4.69, 9.17) is 28.6 Å².